The highest BCUT2D eigenvalue weighted by Crippen LogP contribution is 2.24. The van der Waals surface area contributed by atoms with E-state index in [1.807, 2.05) is 26.8 Å². The summed E-state index contributed by atoms with van der Waals surface area (Å²) in [5, 5.41) is 11.2. The lowest BCUT2D eigenvalue weighted by molar-refractivity contribution is 0.439. The maximum Gasteiger partial charge on any atom is 0.238 e. The standard InChI is InChI=1S/C14H20N4O3S/c1-5-13-16-17-14(21-13)10(3)15-11-6-7-12(9(2)8-11)18-22(4,19)20/h6-8,10,15,18H,5H2,1-4H3. The third-order valence-electron chi connectivity index (χ3n) is 3.06. The van der Waals surface area contributed by atoms with Gasteiger partial charge in [0, 0.05) is 12.1 Å². The molecular weight excluding hydrogens is 304 g/mol. The fourth-order valence-corrected chi connectivity index (χ4v) is 2.59. The van der Waals surface area contributed by atoms with Crippen molar-refractivity contribution in [1.29, 1.82) is 0 Å². The molecule has 1 atom stereocenters. The summed E-state index contributed by atoms with van der Waals surface area (Å²) in [7, 11) is -3.28. The van der Waals surface area contributed by atoms with Gasteiger partial charge in [-0.3, -0.25) is 4.72 Å². The van der Waals surface area contributed by atoms with Gasteiger partial charge in [0.25, 0.3) is 0 Å². The zero-order chi connectivity index (χ0) is 16.3. The van der Waals surface area contributed by atoms with Crippen LogP contribution in [0.3, 0.4) is 0 Å². The SMILES string of the molecule is CCc1nnc(C(C)Nc2ccc(NS(C)(=O)=O)c(C)c2)o1. The lowest BCUT2D eigenvalue weighted by Gasteiger charge is -2.14. The second kappa shape index (κ2) is 6.35. The molecule has 2 rings (SSSR count). The lowest BCUT2D eigenvalue weighted by atomic mass is 10.1. The van der Waals surface area contributed by atoms with Gasteiger partial charge >= 0.3 is 0 Å². The molecule has 1 aromatic carbocycles. The summed E-state index contributed by atoms with van der Waals surface area (Å²) in [5.41, 5.74) is 2.23. The first-order valence-electron chi connectivity index (χ1n) is 6.95. The van der Waals surface area contributed by atoms with Crippen LogP contribution >= 0.6 is 0 Å². The van der Waals surface area contributed by atoms with E-state index in [0.717, 1.165) is 17.5 Å². The molecule has 0 aliphatic heterocycles. The first-order valence-corrected chi connectivity index (χ1v) is 8.85. The molecule has 0 aliphatic rings. The van der Waals surface area contributed by atoms with Gasteiger partial charge in [0.1, 0.15) is 6.04 Å². The van der Waals surface area contributed by atoms with Crippen LogP contribution in [0.4, 0.5) is 11.4 Å². The van der Waals surface area contributed by atoms with E-state index >= 15 is 0 Å². The van der Waals surface area contributed by atoms with E-state index in [0.29, 0.717) is 23.9 Å². The number of benzene rings is 1. The Morgan fingerprint density at radius 3 is 2.59 bits per heavy atom. The highest BCUT2D eigenvalue weighted by Gasteiger charge is 2.14. The van der Waals surface area contributed by atoms with E-state index in [4.69, 9.17) is 4.42 Å². The predicted octanol–water partition coefficient (Wildman–Crippen LogP) is 2.49. The number of nitrogens with zero attached hydrogens (tertiary/aromatic N) is 2. The van der Waals surface area contributed by atoms with Crippen LogP contribution < -0.4 is 10.0 Å². The van der Waals surface area contributed by atoms with Gasteiger partial charge in [-0.15, -0.1) is 10.2 Å². The van der Waals surface area contributed by atoms with Gasteiger partial charge in [-0.05, 0) is 37.6 Å². The fraction of sp³-hybridized carbons (Fsp3) is 0.429. The summed E-state index contributed by atoms with van der Waals surface area (Å²) in [4.78, 5) is 0. The third kappa shape index (κ3) is 4.20. The van der Waals surface area contributed by atoms with Gasteiger partial charge in [0.05, 0.1) is 11.9 Å². The summed E-state index contributed by atoms with van der Waals surface area (Å²) in [6, 6.07) is 5.24. The molecule has 7 nitrogen and oxygen atoms in total. The van der Waals surface area contributed by atoms with Crippen LogP contribution in [0.5, 0.6) is 0 Å². The molecule has 22 heavy (non-hydrogen) atoms. The van der Waals surface area contributed by atoms with Crippen molar-refractivity contribution < 1.29 is 12.8 Å². The molecule has 1 heterocycles. The van der Waals surface area contributed by atoms with Crippen LogP contribution in [-0.2, 0) is 16.4 Å². The molecule has 0 bridgehead atoms. The van der Waals surface area contributed by atoms with Crippen LogP contribution in [0, 0.1) is 6.92 Å². The summed E-state index contributed by atoms with van der Waals surface area (Å²) >= 11 is 0. The Hall–Kier alpha value is -2.09. The Morgan fingerprint density at radius 2 is 2.05 bits per heavy atom. The van der Waals surface area contributed by atoms with Crippen molar-refractivity contribution in [3.8, 4) is 0 Å². The highest BCUT2D eigenvalue weighted by atomic mass is 32.2. The zero-order valence-corrected chi connectivity index (χ0v) is 13.9. The van der Waals surface area contributed by atoms with Crippen molar-refractivity contribution in [3.63, 3.8) is 0 Å². The highest BCUT2D eigenvalue weighted by molar-refractivity contribution is 7.92. The van der Waals surface area contributed by atoms with Crippen LogP contribution in [0.2, 0.25) is 0 Å². The Bertz CT molecular complexity index is 755. The Kier molecular flexibility index (Phi) is 4.70. The summed E-state index contributed by atoms with van der Waals surface area (Å²) in [6.45, 7) is 5.71. The number of hydrogen-bond donors (Lipinski definition) is 2. The van der Waals surface area contributed by atoms with E-state index in [1.54, 1.807) is 12.1 Å². The molecule has 0 amide bonds. The van der Waals surface area contributed by atoms with E-state index in [9.17, 15) is 8.42 Å². The minimum Gasteiger partial charge on any atom is -0.423 e. The van der Waals surface area contributed by atoms with Crippen molar-refractivity contribution in [1.82, 2.24) is 10.2 Å². The summed E-state index contributed by atoms with van der Waals surface area (Å²) < 4.78 is 30.5. The van der Waals surface area contributed by atoms with Crippen molar-refractivity contribution >= 4 is 21.4 Å². The molecule has 0 aliphatic carbocycles. The average molecular weight is 324 g/mol. The van der Waals surface area contributed by atoms with E-state index in [-0.39, 0.29) is 6.04 Å². The lowest BCUT2D eigenvalue weighted by Crippen LogP contribution is -2.11. The zero-order valence-electron chi connectivity index (χ0n) is 13.0. The first-order chi connectivity index (χ1) is 10.3. The normalized spacial score (nSPS) is 12.9. The molecule has 8 heteroatoms. The monoisotopic (exact) mass is 324 g/mol. The van der Waals surface area contributed by atoms with Gasteiger partial charge < -0.3 is 9.73 Å². The number of hydrogen-bond acceptors (Lipinski definition) is 6. The Labute approximate surface area is 130 Å². The van der Waals surface area contributed by atoms with Crippen molar-refractivity contribution in [3.05, 3.63) is 35.5 Å². The molecule has 0 spiro atoms. The second-order valence-corrected chi connectivity index (χ2v) is 6.91. The molecule has 2 N–H and O–H groups in total. The molecule has 2 aromatic rings. The minimum absolute atomic E-state index is 0.138. The predicted molar refractivity (Wildman–Crippen MR) is 85.4 cm³/mol. The topological polar surface area (TPSA) is 97.1 Å². The molecule has 0 radical (unpaired) electrons. The minimum atomic E-state index is -3.28. The Balaban J connectivity index is 2.11. The molecule has 0 saturated carbocycles. The summed E-state index contributed by atoms with van der Waals surface area (Å²) in [6.07, 6.45) is 1.83. The maximum absolute atomic E-state index is 11.3. The second-order valence-electron chi connectivity index (χ2n) is 5.16. The van der Waals surface area contributed by atoms with Crippen LogP contribution in [-0.4, -0.2) is 24.9 Å². The molecule has 120 valence electrons. The first kappa shape index (κ1) is 16.3. The van der Waals surface area contributed by atoms with Crippen molar-refractivity contribution in [2.24, 2.45) is 0 Å². The van der Waals surface area contributed by atoms with Crippen molar-refractivity contribution in [2.45, 2.75) is 33.2 Å². The molecule has 1 unspecified atom stereocenters. The molecule has 1 aromatic heterocycles. The van der Waals surface area contributed by atoms with Gasteiger partial charge in [-0.25, -0.2) is 8.42 Å². The van der Waals surface area contributed by atoms with Gasteiger partial charge in [0.2, 0.25) is 21.8 Å². The number of anilines is 2. The number of aryl methyl sites for hydroxylation is 2. The fourth-order valence-electron chi connectivity index (χ4n) is 1.96. The van der Waals surface area contributed by atoms with Gasteiger partial charge in [-0.2, -0.15) is 0 Å². The number of sulfonamides is 1. The number of aromatic nitrogens is 2. The van der Waals surface area contributed by atoms with Crippen LogP contribution in [0.25, 0.3) is 0 Å². The Morgan fingerprint density at radius 1 is 1.32 bits per heavy atom. The smallest absolute Gasteiger partial charge is 0.238 e. The van der Waals surface area contributed by atoms with Crippen LogP contribution in [0.15, 0.2) is 22.6 Å². The van der Waals surface area contributed by atoms with Gasteiger partial charge in [0.15, 0.2) is 0 Å². The number of rotatable bonds is 6. The van der Waals surface area contributed by atoms with E-state index < -0.39 is 10.0 Å². The summed E-state index contributed by atoms with van der Waals surface area (Å²) in [5.74, 6) is 1.13. The molecule has 0 fully saturated rings. The van der Waals surface area contributed by atoms with E-state index in [2.05, 4.69) is 20.2 Å². The van der Waals surface area contributed by atoms with Gasteiger partial charge in [-0.1, -0.05) is 6.92 Å². The van der Waals surface area contributed by atoms with Crippen molar-refractivity contribution in [2.75, 3.05) is 16.3 Å². The molecular formula is C14H20N4O3S. The van der Waals surface area contributed by atoms with E-state index in [1.165, 1.54) is 0 Å². The largest absolute Gasteiger partial charge is 0.423 e. The maximum atomic E-state index is 11.3. The van der Waals surface area contributed by atoms with Crippen LogP contribution in [0.1, 0.15) is 37.2 Å². The average Bonchev–Trinajstić information content (AvgIpc) is 2.89. The number of nitrogens with one attached hydrogen (secondary N) is 2. The quantitative estimate of drug-likeness (QED) is 0.847. The molecule has 0 saturated heterocycles. The third-order valence-corrected chi connectivity index (χ3v) is 3.65.